The van der Waals surface area contributed by atoms with Crippen molar-refractivity contribution in [1.29, 1.82) is 0 Å². The van der Waals surface area contributed by atoms with Gasteiger partial charge in [-0.2, -0.15) is 0 Å². The van der Waals surface area contributed by atoms with Crippen LogP contribution in [0.5, 0.6) is 0 Å². The largest absolute Gasteiger partial charge is 0.479 e. The van der Waals surface area contributed by atoms with Gasteiger partial charge in [0.25, 0.3) is 0 Å². The molecule has 0 spiro atoms. The minimum absolute atomic E-state index is 0.000700. The SMILES string of the molecule is CC(C)OCCC(=O)NC(C)(C(=O)O)c1ccc(F)cc1. The Labute approximate surface area is 123 Å². The van der Waals surface area contributed by atoms with Crippen molar-refractivity contribution in [2.45, 2.75) is 38.8 Å². The van der Waals surface area contributed by atoms with Crippen LogP contribution >= 0.6 is 0 Å². The molecule has 0 radical (unpaired) electrons. The Morgan fingerprint density at radius 1 is 1.33 bits per heavy atom. The highest BCUT2D eigenvalue weighted by atomic mass is 19.1. The molecule has 0 aliphatic heterocycles. The number of carboxylic acid groups (broad SMARTS) is 1. The van der Waals surface area contributed by atoms with Gasteiger partial charge in [-0.25, -0.2) is 9.18 Å². The molecule has 1 atom stereocenters. The zero-order chi connectivity index (χ0) is 16.0. The number of carboxylic acids is 1. The first kappa shape index (κ1) is 17.1. The first-order valence-corrected chi connectivity index (χ1v) is 6.67. The molecular formula is C15H20FNO4. The van der Waals surface area contributed by atoms with Crippen molar-refractivity contribution in [1.82, 2.24) is 5.32 Å². The molecule has 1 rings (SSSR count). The van der Waals surface area contributed by atoms with Crippen molar-refractivity contribution in [3.05, 3.63) is 35.6 Å². The summed E-state index contributed by atoms with van der Waals surface area (Å²) in [6.07, 6.45) is 0.0585. The smallest absolute Gasteiger partial charge is 0.333 e. The monoisotopic (exact) mass is 297 g/mol. The summed E-state index contributed by atoms with van der Waals surface area (Å²) in [5.74, 6) is -2.12. The standard InChI is InChI=1S/C15H20FNO4/c1-10(2)21-9-8-13(18)17-15(3,14(19)20)11-4-6-12(16)7-5-11/h4-7,10H,8-9H2,1-3H3,(H,17,18)(H,19,20). The molecule has 0 aliphatic rings. The molecule has 0 aliphatic carbocycles. The lowest BCUT2D eigenvalue weighted by atomic mass is 9.92. The fourth-order valence-corrected chi connectivity index (χ4v) is 1.76. The van der Waals surface area contributed by atoms with Crippen LogP contribution in [0.3, 0.4) is 0 Å². The summed E-state index contributed by atoms with van der Waals surface area (Å²) in [7, 11) is 0. The number of aliphatic carboxylic acids is 1. The lowest BCUT2D eigenvalue weighted by Gasteiger charge is -2.27. The summed E-state index contributed by atoms with van der Waals surface area (Å²) in [5, 5.41) is 11.8. The van der Waals surface area contributed by atoms with Gasteiger partial charge >= 0.3 is 5.97 Å². The molecule has 0 heterocycles. The Morgan fingerprint density at radius 3 is 2.38 bits per heavy atom. The minimum Gasteiger partial charge on any atom is -0.479 e. The third-order valence-corrected chi connectivity index (χ3v) is 3.02. The number of benzene rings is 1. The normalized spacial score (nSPS) is 13.8. The Kier molecular flexibility index (Phi) is 5.84. The van der Waals surface area contributed by atoms with E-state index in [0.717, 1.165) is 12.1 Å². The molecule has 0 bridgehead atoms. The quantitative estimate of drug-likeness (QED) is 0.807. The van der Waals surface area contributed by atoms with Gasteiger partial charge in [-0.3, -0.25) is 4.79 Å². The molecule has 2 N–H and O–H groups in total. The molecule has 116 valence electrons. The van der Waals surface area contributed by atoms with E-state index in [9.17, 15) is 19.1 Å². The van der Waals surface area contributed by atoms with E-state index in [1.54, 1.807) is 0 Å². The maximum Gasteiger partial charge on any atom is 0.333 e. The molecular weight excluding hydrogens is 277 g/mol. The molecule has 0 aromatic heterocycles. The molecule has 5 nitrogen and oxygen atoms in total. The van der Waals surface area contributed by atoms with Crippen LogP contribution in [-0.4, -0.2) is 29.7 Å². The molecule has 21 heavy (non-hydrogen) atoms. The van der Waals surface area contributed by atoms with Crippen LogP contribution in [-0.2, 0) is 19.9 Å². The number of nitrogens with one attached hydrogen (secondary N) is 1. The lowest BCUT2D eigenvalue weighted by Crippen LogP contribution is -2.49. The van der Waals surface area contributed by atoms with Crippen molar-refractivity contribution in [3.8, 4) is 0 Å². The van der Waals surface area contributed by atoms with Crippen molar-refractivity contribution < 1.29 is 23.8 Å². The third kappa shape index (κ3) is 4.82. The fourth-order valence-electron chi connectivity index (χ4n) is 1.76. The van der Waals surface area contributed by atoms with Gasteiger partial charge in [0.2, 0.25) is 5.91 Å². The zero-order valence-corrected chi connectivity index (χ0v) is 12.4. The predicted molar refractivity (Wildman–Crippen MR) is 75.2 cm³/mol. The average Bonchev–Trinajstić information content (AvgIpc) is 2.38. The highest BCUT2D eigenvalue weighted by Gasteiger charge is 2.36. The fraction of sp³-hybridized carbons (Fsp3) is 0.467. The molecule has 1 aromatic carbocycles. The van der Waals surface area contributed by atoms with Gasteiger partial charge in [0.1, 0.15) is 5.82 Å². The van der Waals surface area contributed by atoms with Crippen molar-refractivity contribution in [2.75, 3.05) is 6.61 Å². The van der Waals surface area contributed by atoms with Crippen LogP contribution in [0.15, 0.2) is 24.3 Å². The summed E-state index contributed by atoms with van der Waals surface area (Å²) in [5.41, 5.74) is -1.31. The number of carbonyl (C=O) groups excluding carboxylic acids is 1. The molecule has 0 saturated heterocycles. The topological polar surface area (TPSA) is 75.6 Å². The number of hydrogen-bond donors (Lipinski definition) is 2. The Bertz CT molecular complexity index is 501. The third-order valence-electron chi connectivity index (χ3n) is 3.02. The van der Waals surface area contributed by atoms with Gasteiger partial charge in [0, 0.05) is 0 Å². The highest BCUT2D eigenvalue weighted by molar-refractivity contribution is 5.87. The zero-order valence-electron chi connectivity index (χ0n) is 12.4. The van der Waals surface area contributed by atoms with Crippen molar-refractivity contribution in [3.63, 3.8) is 0 Å². The summed E-state index contributed by atoms with van der Waals surface area (Å²) in [6, 6.07) is 5.00. The number of carbonyl (C=O) groups is 2. The first-order valence-electron chi connectivity index (χ1n) is 6.67. The van der Waals surface area contributed by atoms with Crippen LogP contribution in [0, 0.1) is 5.82 Å². The van der Waals surface area contributed by atoms with Gasteiger partial charge < -0.3 is 15.2 Å². The minimum atomic E-state index is -1.61. The van der Waals surface area contributed by atoms with E-state index >= 15 is 0 Å². The maximum absolute atomic E-state index is 12.9. The van der Waals surface area contributed by atoms with E-state index in [0.29, 0.717) is 5.56 Å². The second-order valence-corrected chi connectivity index (χ2v) is 5.15. The highest BCUT2D eigenvalue weighted by Crippen LogP contribution is 2.21. The van der Waals surface area contributed by atoms with Crippen LogP contribution in [0.2, 0.25) is 0 Å². The number of halogens is 1. The van der Waals surface area contributed by atoms with E-state index in [1.807, 2.05) is 13.8 Å². The maximum atomic E-state index is 12.9. The Morgan fingerprint density at radius 2 is 1.90 bits per heavy atom. The Hall–Kier alpha value is -1.95. The molecule has 1 unspecified atom stereocenters. The van der Waals surface area contributed by atoms with Crippen molar-refractivity contribution >= 4 is 11.9 Å². The summed E-state index contributed by atoms with van der Waals surface area (Å²) in [6.45, 7) is 5.27. The number of rotatable bonds is 7. The van der Waals surface area contributed by atoms with E-state index in [-0.39, 0.29) is 19.1 Å². The molecule has 0 saturated carbocycles. The second kappa shape index (κ2) is 7.17. The van der Waals surface area contributed by atoms with Gasteiger partial charge in [0.15, 0.2) is 5.54 Å². The van der Waals surface area contributed by atoms with E-state index in [4.69, 9.17) is 4.74 Å². The second-order valence-electron chi connectivity index (χ2n) is 5.15. The number of amides is 1. The van der Waals surface area contributed by atoms with E-state index in [1.165, 1.54) is 19.1 Å². The molecule has 0 fully saturated rings. The van der Waals surface area contributed by atoms with Crippen molar-refractivity contribution in [2.24, 2.45) is 0 Å². The summed E-state index contributed by atoms with van der Waals surface area (Å²) >= 11 is 0. The molecule has 1 amide bonds. The van der Waals surface area contributed by atoms with Gasteiger partial charge in [-0.05, 0) is 38.5 Å². The first-order chi connectivity index (χ1) is 9.75. The van der Waals surface area contributed by atoms with Crippen LogP contribution in [0.25, 0.3) is 0 Å². The Balaban J connectivity index is 2.79. The number of ether oxygens (including phenoxy) is 1. The van der Waals surface area contributed by atoms with Gasteiger partial charge in [-0.15, -0.1) is 0 Å². The molecule has 6 heteroatoms. The van der Waals surface area contributed by atoms with Crippen LogP contribution in [0.4, 0.5) is 4.39 Å². The van der Waals surface area contributed by atoms with Gasteiger partial charge in [-0.1, -0.05) is 12.1 Å². The van der Waals surface area contributed by atoms with Crippen LogP contribution < -0.4 is 5.32 Å². The van der Waals surface area contributed by atoms with Gasteiger partial charge in [0.05, 0.1) is 19.1 Å². The summed E-state index contributed by atoms with van der Waals surface area (Å²) in [4.78, 5) is 23.3. The number of hydrogen-bond acceptors (Lipinski definition) is 3. The van der Waals surface area contributed by atoms with E-state index < -0.39 is 23.2 Å². The lowest BCUT2D eigenvalue weighted by molar-refractivity contribution is -0.147. The van der Waals surface area contributed by atoms with Crippen LogP contribution in [0.1, 0.15) is 32.8 Å². The predicted octanol–water partition coefficient (Wildman–Crippen LogP) is 2.06. The average molecular weight is 297 g/mol. The summed E-state index contributed by atoms with van der Waals surface area (Å²) < 4.78 is 18.2. The van der Waals surface area contributed by atoms with E-state index in [2.05, 4.69) is 5.32 Å². The molecule has 1 aromatic rings.